The van der Waals surface area contributed by atoms with Gasteiger partial charge in [-0.25, -0.2) is 9.78 Å². The third-order valence-electron chi connectivity index (χ3n) is 4.85. The van der Waals surface area contributed by atoms with Crippen LogP contribution in [0.15, 0.2) is 47.4 Å². The number of pyridine rings is 1. The molecule has 2 heterocycles. The minimum atomic E-state index is -1.07. The molecule has 1 N–H and O–H groups in total. The molecule has 0 bridgehead atoms. The normalized spacial score (nSPS) is 14.8. The summed E-state index contributed by atoms with van der Waals surface area (Å²) in [6.07, 6.45) is 5.72. The molecule has 4 rings (SSSR count). The number of hydrogen-bond acceptors (Lipinski definition) is 4. The second-order valence-electron chi connectivity index (χ2n) is 6.72. The number of carbonyl (C=O) groups is 1. The van der Waals surface area contributed by atoms with Gasteiger partial charge < -0.3 is 9.84 Å². The van der Waals surface area contributed by atoms with Crippen molar-refractivity contribution in [2.75, 3.05) is 6.61 Å². The van der Waals surface area contributed by atoms with Crippen LogP contribution in [-0.4, -0.2) is 27.1 Å². The van der Waals surface area contributed by atoms with Gasteiger partial charge in [0.05, 0.1) is 17.9 Å². The number of benzene rings is 1. The van der Waals surface area contributed by atoms with E-state index in [0.29, 0.717) is 29.9 Å². The molecule has 3 aromatic rings. The number of carboxylic acid groups (broad SMARTS) is 1. The molecule has 2 aromatic heterocycles. The number of rotatable bonds is 4. The average Bonchev–Trinajstić information content (AvgIpc) is 2.69. The molecule has 1 aliphatic carbocycles. The lowest BCUT2D eigenvalue weighted by Gasteiger charge is -2.19. The molecule has 0 fully saturated rings. The standard InChI is InChI=1S/C22H20N2O4/c1-2-28-17-7-3-5-14(12-17)11-15-6-4-8-18-20(15)23-19-10-9-16(22(26)27)13-24(19)21(18)25/h3,5,7,9-13H,2,4,6,8H2,1H3,(H,26,27). The number of aromatic nitrogens is 2. The third-order valence-corrected chi connectivity index (χ3v) is 4.85. The Balaban J connectivity index is 1.84. The lowest BCUT2D eigenvalue weighted by Crippen LogP contribution is -2.25. The molecule has 0 amide bonds. The molecule has 0 radical (unpaired) electrons. The zero-order valence-corrected chi connectivity index (χ0v) is 15.5. The van der Waals surface area contributed by atoms with E-state index in [9.17, 15) is 14.7 Å². The van der Waals surface area contributed by atoms with Gasteiger partial charge in [-0.15, -0.1) is 0 Å². The van der Waals surface area contributed by atoms with E-state index in [2.05, 4.69) is 11.1 Å². The molecule has 0 spiro atoms. The molecule has 28 heavy (non-hydrogen) atoms. The summed E-state index contributed by atoms with van der Waals surface area (Å²) in [6, 6.07) is 10.9. The van der Waals surface area contributed by atoms with Crippen molar-refractivity contribution in [1.29, 1.82) is 0 Å². The number of ether oxygens (including phenoxy) is 1. The van der Waals surface area contributed by atoms with Gasteiger partial charge in [-0.2, -0.15) is 0 Å². The first-order valence-electron chi connectivity index (χ1n) is 9.29. The number of fused-ring (bicyclic) bond motifs is 2. The zero-order chi connectivity index (χ0) is 19.7. The Kier molecular flexibility index (Phi) is 4.69. The van der Waals surface area contributed by atoms with Crippen LogP contribution in [-0.2, 0) is 6.42 Å². The Labute approximate surface area is 161 Å². The molecule has 6 nitrogen and oxygen atoms in total. The highest BCUT2D eigenvalue weighted by Crippen LogP contribution is 2.30. The molecule has 0 unspecified atom stereocenters. The maximum absolute atomic E-state index is 13.0. The smallest absolute Gasteiger partial charge is 0.337 e. The van der Waals surface area contributed by atoms with Gasteiger partial charge in [0.25, 0.3) is 5.56 Å². The van der Waals surface area contributed by atoms with Gasteiger partial charge >= 0.3 is 5.97 Å². The lowest BCUT2D eigenvalue weighted by molar-refractivity contribution is 0.0696. The summed E-state index contributed by atoms with van der Waals surface area (Å²) in [5, 5.41) is 9.19. The first-order chi connectivity index (χ1) is 13.6. The fourth-order valence-corrected chi connectivity index (χ4v) is 3.57. The Morgan fingerprint density at radius 3 is 2.93 bits per heavy atom. The second-order valence-corrected chi connectivity index (χ2v) is 6.72. The molecule has 1 aromatic carbocycles. The summed E-state index contributed by atoms with van der Waals surface area (Å²) >= 11 is 0. The highest BCUT2D eigenvalue weighted by Gasteiger charge is 2.21. The first-order valence-corrected chi connectivity index (χ1v) is 9.29. The summed E-state index contributed by atoms with van der Waals surface area (Å²) < 4.78 is 6.90. The highest BCUT2D eigenvalue weighted by atomic mass is 16.5. The number of allylic oxidation sites excluding steroid dienone is 1. The topological polar surface area (TPSA) is 80.9 Å². The van der Waals surface area contributed by atoms with Crippen molar-refractivity contribution < 1.29 is 14.6 Å². The van der Waals surface area contributed by atoms with Gasteiger partial charge in [0.1, 0.15) is 11.4 Å². The molecular weight excluding hydrogens is 356 g/mol. The minimum Gasteiger partial charge on any atom is -0.494 e. The molecule has 142 valence electrons. The number of carboxylic acids is 1. The Bertz CT molecular complexity index is 1160. The first kappa shape index (κ1) is 18.0. The monoisotopic (exact) mass is 376 g/mol. The molecule has 0 saturated carbocycles. The van der Waals surface area contributed by atoms with Gasteiger partial charge in [0, 0.05) is 11.8 Å². The van der Waals surface area contributed by atoms with Crippen LogP contribution in [0.4, 0.5) is 0 Å². The van der Waals surface area contributed by atoms with Crippen LogP contribution in [0.1, 0.15) is 46.9 Å². The Morgan fingerprint density at radius 1 is 1.29 bits per heavy atom. The van der Waals surface area contributed by atoms with Crippen molar-refractivity contribution in [3.8, 4) is 5.75 Å². The summed E-state index contributed by atoms with van der Waals surface area (Å²) in [5.41, 5.74) is 3.67. The van der Waals surface area contributed by atoms with E-state index < -0.39 is 5.97 Å². The van der Waals surface area contributed by atoms with Crippen molar-refractivity contribution in [2.45, 2.75) is 26.2 Å². The zero-order valence-electron chi connectivity index (χ0n) is 15.5. The van der Waals surface area contributed by atoms with E-state index in [1.54, 1.807) is 6.07 Å². The van der Waals surface area contributed by atoms with Crippen LogP contribution in [0, 0.1) is 0 Å². The highest BCUT2D eigenvalue weighted by molar-refractivity contribution is 5.88. The Morgan fingerprint density at radius 2 is 2.14 bits per heavy atom. The van der Waals surface area contributed by atoms with E-state index in [-0.39, 0.29) is 11.1 Å². The number of aromatic carboxylic acids is 1. The van der Waals surface area contributed by atoms with Crippen LogP contribution in [0.25, 0.3) is 17.3 Å². The number of hydrogen-bond donors (Lipinski definition) is 1. The predicted molar refractivity (Wildman–Crippen MR) is 107 cm³/mol. The van der Waals surface area contributed by atoms with E-state index in [1.807, 2.05) is 31.2 Å². The molecular formula is C22H20N2O4. The quantitative estimate of drug-likeness (QED) is 0.751. The molecule has 0 saturated heterocycles. The third kappa shape index (κ3) is 3.29. The predicted octanol–water partition coefficient (Wildman–Crippen LogP) is 3.67. The van der Waals surface area contributed by atoms with Crippen LogP contribution in [0.2, 0.25) is 0 Å². The van der Waals surface area contributed by atoms with E-state index in [4.69, 9.17) is 4.74 Å². The van der Waals surface area contributed by atoms with Crippen molar-refractivity contribution in [2.24, 2.45) is 0 Å². The maximum atomic E-state index is 13.0. The summed E-state index contributed by atoms with van der Waals surface area (Å²) in [5.74, 6) is -0.262. The van der Waals surface area contributed by atoms with Crippen LogP contribution >= 0.6 is 0 Å². The van der Waals surface area contributed by atoms with E-state index >= 15 is 0 Å². The van der Waals surface area contributed by atoms with Gasteiger partial charge in [-0.05, 0) is 67.7 Å². The number of nitrogens with zero attached hydrogens (tertiary/aromatic N) is 2. The fraction of sp³-hybridized carbons (Fsp3) is 0.227. The average molecular weight is 376 g/mol. The second kappa shape index (κ2) is 7.31. The van der Waals surface area contributed by atoms with Crippen LogP contribution < -0.4 is 10.3 Å². The van der Waals surface area contributed by atoms with E-state index in [1.165, 1.54) is 16.7 Å². The van der Waals surface area contributed by atoms with Crippen molar-refractivity contribution in [1.82, 2.24) is 9.38 Å². The Hall–Kier alpha value is -3.41. The maximum Gasteiger partial charge on any atom is 0.337 e. The SMILES string of the molecule is CCOc1cccc(C=C2CCCc3c2nc2ccc(C(=O)O)cn2c3=O)c1. The van der Waals surface area contributed by atoms with E-state index in [0.717, 1.165) is 29.7 Å². The van der Waals surface area contributed by atoms with Gasteiger partial charge in [0.2, 0.25) is 0 Å². The van der Waals surface area contributed by atoms with Gasteiger partial charge in [-0.1, -0.05) is 12.1 Å². The van der Waals surface area contributed by atoms with Crippen LogP contribution in [0.3, 0.4) is 0 Å². The molecule has 0 aliphatic heterocycles. The van der Waals surface area contributed by atoms with Crippen LogP contribution in [0.5, 0.6) is 5.75 Å². The minimum absolute atomic E-state index is 0.0654. The van der Waals surface area contributed by atoms with Crippen molar-refractivity contribution >= 4 is 23.3 Å². The largest absolute Gasteiger partial charge is 0.494 e. The molecule has 0 atom stereocenters. The summed E-state index contributed by atoms with van der Waals surface area (Å²) in [6.45, 7) is 2.55. The molecule has 6 heteroatoms. The fourth-order valence-electron chi connectivity index (χ4n) is 3.57. The van der Waals surface area contributed by atoms with Crippen molar-refractivity contribution in [3.05, 3.63) is 75.3 Å². The summed E-state index contributed by atoms with van der Waals surface area (Å²) in [7, 11) is 0. The van der Waals surface area contributed by atoms with Crippen molar-refractivity contribution in [3.63, 3.8) is 0 Å². The summed E-state index contributed by atoms with van der Waals surface area (Å²) in [4.78, 5) is 28.9. The molecule has 1 aliphatic rings. The van der Waals surface area contributed by atoms with Gasteiger partial charge in [0.15, 0.2) is 0 Å². The lowest BCUT2D eigenvalue weighted by atomic mass is 9.90. The van der Waals surface area contributed by atoms with Gasteiger partial charge in [-0.3, -0.25) is 9.20 Å².